The van der Waals surface area contributed by atoms with Gasteiger partial charge in [0.15, 0.2) is 5.96 Å². The van der Waals surface area contributed by atoms with E-state index in [9.17, 15) is 0 Å². The molecule has 2 heterocycles. The van der Waals surface area contributed by atoms with Crippen LogP contribution in [0.25, 0.3) is 0 Å². The highest BCUT2D eigenvalue weighted by molar-refractivity contribution is 5.79. The number of aliphatic imine (C=N–C) groups is 1. The van der Waals surface area contributed by atoms with Gasteiger partial charge in [0, 0.05) is 31.6 Å². The third kappa shape index (κ3) is 6.32. The van der Waals surface area contributed by atoms with Gasteiger partial charge in [-0.2, -0.15) is 0 Å². The molecule has 0 amide bonds. The lowest BCUT2D eigenvalue weighted by Gasteiger charge is -2.36. The lowest BCUT2D eigenvalue weighted by molar-refractivity contribution is 0.141. The summed E-state index contributed by atoms with van der Waals surface area (Å²) in [6, 6.07) is 11.2. The van der Waals surface area contributed by atoms with Gasteiger partial charge in [-0.1, -0.05) is 57.5 Å². The highest BCUT2D eigenvalue weighted by Gasteiger charge is 2.23. The van der Waals surface area contributed by atoms with E-state index in [4.69, 9.17) is 4.42 Å². The maximum absolute atomic E-state index is 5.86. The molecule has 0 saturated carbocycles. The number of aromatic nitrogens is 1. The molecule has 1 unspecified atom stereocenters. The number of benzene rings is 1. The summed E-state index contributed by atoms with van der Waals surface area (Å²) >= 11 is 0. The van der Waals surface area contributed by atoms with Crippen molar-refractivity contribution in [1.29, 1.82) is 0 Å². The number of likely N-dealkylation sites (tertiary alicyclic amines) is 1. The maximum atomic E-state index is 5.86. The molecule has 1 aromatic heterocycles. The van der Waals surface area contributed by atoms with Crippen molar-refractivity contribution < 1.29 is 4.42 Å². The molecule has 0 bridgehead atoms. The van der Waals surface area contributed by atoms with E-state index in [0.29, 0.717) is 18.5 Å². The zero-order valence-corrected chi connectivity index (χ0v) is 18.2. The molecule has 1 aromatic carbocycles. The zero-order chi connectivity index (χ0) is 20.7. The third-order valence-electron chi connectivity index (χ3n) is 5.41. The SMILES string of the molecule is CN=C(NCc1ncc(C(C)(C)C)o1)NCC1CCCCN1Cc1ccccc1. The molecule has 0 aliphatic carbocycles. The molecule has 1 aliphatic heterocycles. The summed E-state index contributed by atoms with van der Waals surface area (Å²) in [5, 5.41) is 6.81. The summed E-state index contributed by atoms with van der Waals surface area (Å²) in [5.74, 6) is 2.36. The Balaban J connectivity index is 1.50. The predicted octanol–water partition coefficient (Wildman–Crippen LogP) is 3.69. The van der Waals surface area contributed by atoms with Crippen molar-refractivity contribution in [2.45, 2.75) is 64.6 Å². The Hall–Kier alpha value is -2.34. The van der Waals surface area contributed by atoms with E-state index in [2.05, 4.69) is 76.6 Å². The highest BCUT2D eigenvalue weighted by Crippen LogP contribution is 2.22. The van der Waals surface area contributed by atoms with Crippen LogP contribution >= 0.6 is 0 Å². The van der Waals surface area contributed by atoms with Crippen LogP contribution in [0.5, 0.6) is 0 Å². The fourth-order valence-electron chi connectivity index (χ4n) is 3.65. The summed E-state index contributed by atoms with van der Waals surface area (Å²) in [6.07, 6.45) is 5.59. The predicted molar refractivity (Wildman–Crippen MR) is 118 cm³/mol. The molecule has 1 aliphatic rings. The maximum Gasteiger partial charge on any atom is 0.213 e. The van der Waals surface area contributed by atoms with Crippen molar-refractivity contribution in [2.24, 2.45) is 4.99 Å². The molecule has 2 N–H and O–H groups in total. The minimum atomic E-state index is -0.0334. The van der Waals surface area contributed by atoms with E-state index >= 15 is 0 Å². The Morgan fingerprint density at radius 1 is 1.21 bits per heavy atom. The lowest BCUT2D eigenvalue weighted by Crippen LogP contribution is -2.48. The molecule has 3 rings (SSSR count). The van der Waals surface area contributed by atoms with Gasteiger partial charge in [-0.15, -0.1) is 0 Å². The smallest absolute Gasteiger partial charge is 0.213 e. The van der Waals surface area contributed by atoms with Crippen molar-refractivity contribution in [3.8, 4) is 0 Å². The second kappa shape index (κ2) is 9.92. The molecule has 0 spiro atoms. The molecular weight excluding hydrogens is 362 g/mol. The number of nitrogens with zero attached hydrogens (tertiary/aromatic N) is 3. The normalized spacial score (nSPS) is 18.6. The zero-order valence-electron chi connectivity index (χ0n) is 18.2. The Morgan fingerprint density at radius 3 is 2.69 bits per heavy atom. The number of oxazole rings is 1. The number of nitrogens with one attached hydrogen (secondary N) is 2. The standard InChI is InChI=1S/C23H35N5O/c1-23(2,3)20-15-25-21(29-20)16-27-22(24-4)26-14-19-12-8-9-13-28(19)17-18-10-6-5-7-11-18/h5-7,10-11,15,19H,8-9,12-14,16-17H2,1-4H3,(H2,24,26,27). The molecular formula is C23H35N5O. The molecule has 0 radical (unpaired) electrons. The largest absolute Gasteiger partial charge is 0.443 e. The van der Waals surface area contributed by atoms with Gasteiger partial charge in [-0.05, 0) is 24.9 Å². The van der Waals surface area contributed by atoms with Gasteiger partial charge >= 0.3 is 0 Å². The van der Waals surface area contributed by atoms with Crippen LogP contribution in [-0.4, -0.2) is 42.0 Å². The van der Waals surface area contributed by atoms with Crippen molar-refractivity contribution in [3.05, 3.63) is 53.7 Å². The van der Waals surface area contributed by atoms with Crippen molar-refractivity contribution in [1.82, 2.24) is 20.5 Å². The van der Waals surface area contributed by atoms with E-state index < -0.39 is 0 Å². The van der Waals surface area contributed by atoms with Crippen LogP contribution in [0.2, 0.25) is 0 Å². The Kier molecular flexibility index (Phi) is 7.31. The molecule has 1 fully saturated rings. The topological polar surface area (TPSA) is 65.7 Å². The van der Waals surface area contributed by atoms with Crippen LogP contribution in [-0.2, 0) is 18.5 Å². The molecule has 158 valence electrons. The molecule has 6 heteroatoms. The van der Waals surface area contributed by atoms with E-state index in [1.807, 2.05) is 6.20 Å². The van der Waals surface area contributed by atoms with Crippen LogP contribution in [0.4, 0.5) is 0 Å². The van der Waals surface area contributed by atoms with E-state index in [-0.39, 0.29) is 5.41 Å². The quantitative estimate of drug-likeness (QED) is 0.575. The third-order valence-corrected chi connectivity index (χ3v) is 5.41. The Morgan fingerprint density at radius 2 is 2.00 bits per heavy atom. The Bertz CT molecular complexity index is 778. The minimum absolute atomic E-state index is 0.0334. The number of guanidine groups is 1. The molecule has 2 aromatic rings. The summed E-state index contributed by atoms with van der Waals surface area (Å²) in [5.41, 5.74) is 1.34. The fraction of sp³-hybridized carbons (Fsp3) is 0.565. The van der Waals surface area contributed by atoms with E-state index in [0.717, 1.165) is 31.4 Å². The second-order valence-electron chi connectivity index (χ2n) is 8.78. The van der Waals surface area contributed by atoms with Gasteiger partial charge in [-0.25, -0.2) is 4.98 Å². The van der Waals surface area contributed by atoms with Gasteiger partial charge in [0.25, 0.3) is 0 Å². The summed E-state index contributed by atoms with van der Waals surface area (Å²) in [7, 11) is 1.80. The van der Waals surface area contributed by atoms with Gasteiger partial charge < -0.3 is 15.1 Å². The lowest BCUT2D eigenvalue weighted by atomic mass is 9.94. The van der Waals surface area contributed by atoms with Crippen molar-refractivity contribution >= 4 is 5.96 Å². The summed E-state index contributed by atoms with van der Waals surface area (Å²) in [6.45, 7) is 9.92. The fourth-order valence-corrected chi connectivity index (χ4v) is 3.65. The average Bonchev–Trinajstić information content (AvgIpc) is 3.20. The first-order valence-corrected chi connectivity index (χ1v) is 10.6. The Labute approximate surface area is 174 Å². The number of rotatable bonds is 6. The number of hydrogen-bond acceptors (Lipinski definition) is 4. The van der Waals surface area contributed by atoms with Gasteiger partial charge in [0.2, 0.25) is 5.89 Å². The monoisotopic (exact) mass is 397 g/mol. The molecule has 1 saturated heterocycles. The van der Waals surface area contributed by atoms with E-state index in [1.165, 1.54) is 24.8 Å². The minimum Gasteiger partial charge on any atom is -0.443 e. The van der Waals surface area contributed by atoms with Crippen LogP contribution in [0.15, 0.2) is 45.9 Å². The van der Waals surface area contributed by atoms with Crippen molar-refractivity contribution in [2.75, 3.05) is 20.1 Å². The van der Waals surface area contributed by atoms with Gasteiger partial charge in [-0.3, -0.25) is 9.89 Å². The second-order valence-corrected chi connectivity index (χ2v) is 8.78. The number of piperidine rings is 1. The first-order valence-electron chi connectivity index (χ1n) is 10.6. The summed E-state index contributed by atoms with van der Waals surface area (Å²) in [4.78, 5) is 11.3. The van der Waals surface area contributed by atoms with Crippen LogP contribution in [0.3, 0.4) is 0 Å². The average molecular weight is 398 g/mol. The van der Waals surface area contributed by atoms with Crippen LogP contribution < -0.4 is 10.6 Å². The summed E-state index contributed by atoms with van der Waals surface area (Å²) < 4.78 is 5.86. The molecule has 1 atom stereocenters. The van der Waals surface area contributed by atoms with Crippen LogP contribution in [0, 0.1) is 0 Å². The highest BCUT2D eigenvalue weighted by atomic mass is 16.4. The van der Waals surface area contributed by atoms with E-state index in [1.54, 1.807) is 7.05 Å². The number of hydrogen-bond donors (Lipinski definition) is 2. The first-order chi connectivity index (χ1) is 14.0. The molecule has 6 nitrogen and oxygen atoms in total. The van der Waals surface area contributed by atoms with Gasteiger partial charge in [0.05, 0.1) is 12.7 Å². The molecule has 29 heavy (non-hydrogen) atoms. The van der Waals surface area contributed by atoms with Gasteiger partial charge in [0.1, 0.15) is 5.76 Å². The van der Waals surface area contributed by atoms with Crippen molar-refractivity contribution in [3.63, 3.8) is 0 Å². The van der Waals surface area contributed by atoms with Crippen LogP contribution in [0.1, 0.15) is 57.2 Å². The first kappa shape index (κ1) is 21.4.